The maximum atomic E-state index is 13.8. The number of fused-ring (bicyclic) bond motifs is 2. The summed E-state index contributed by atoms with van der Waals surface area (Å²) in [5.41, 5.74) is 5.22. The highest BCUT2D eigenvalue weighted by Crippen LogP contribution is 2.29. The highest BCUT2D eigenvalue weighted by molar-refractivity contribution is 5.82. The quantitative estimate of drug-likeness (QED) is 0.509. The smallest absolute Gasteiger partial charge is 0.162 e. The monoisotopic (exact) mass is 358 g/mol. The van der Waals surface area contributed by atoms with E-state index in [1.165, 1.54) is 12.4 Å². The van der Waals surface area contributed by atoms with E-state index >= 15 is 0 Å². The second-order valence-corrected chi connectivity index (χ2v) is 6.20. The zero-order valence-corrected chi connectivity index (χ0v) is 14.2. The predicted octanol–water partition coefficient (Wildman–Crippen LogP) is 4.02. The SMILES string of the molecule is Fc1cccc(-c2c(CNc3ncnc4[nH]cnc34)cc3ccccn23)c1. The van der Waals surface area contributed by atoms with Crippen LogP contribution in [0.4, 0.5) is 10.2 Å². The minimum absolute atomic E-state index is 0.258. The Morgan fingerprint density at radius 3 is 2.93 bits per heavy atom. The molecule has 2 N–H and O–H groups in total. The molecule has 4 aromatic heterocycles. The van der Waals surface area contributed by atoms with Gasteiger partial charge in [-0.25, -0.2) is 19.3 Å². The second kappa shape index (κ2) is 6.21. The van der Waals surface area contributed by atoms with Gasteiger partial charge >= 0.3 is 0 Å². The summed E-state index contributed by atoms with van der Waals surface area (Å²) < 4.78 is 15.9. The van der Waals surface area contributed by atoms with Crippen LogP contribution in [0.5, 0.6) is 0 Å². The first-order chi connectivity index (χ1) is 13.3. The van der Waals surface area contributed by atoms with Crippen molar-refractivity contribution in [1.29, 1.82) is 0 Å². The Labute approximate surface area is 153 Å². The Hall–Kier alpha value is -3.74. The van der Waals surface area contributed by atoms with Crippen molar-refractivity contribution in [1.82, 2.24) is 24.3 Å². The number of aromatic amines is 1. The highest BCUT2D eigenvalue weighted by Gasteiger charge is 2.14. The summed E-state index contributed by atoms with van der Waals surface area (Å²) in [5, 5.41) is 3.34. The third-order valence-electron chi connectivity index (χ3n) is 4.52. The number of pyridine rings is 1. The average Bonchev–Trinajstić information content (AvgIpc) is 3.30. The van der Waals surface area contributed by atoms with E-state index in [1.54, 1.807) is 18.5 Å². The Kier molecular flexibility index (Phi) is 3.57. The van der Waals surface area contributed by atoms with Crippen molar-refractivity contribution in [3.63, 3.8) is 0 Å². The van der Waals surface area contributed by atoms with Crippen molar-refractivity contribution >= 4 is 22.5 Å². The second-order valence-electron chi connectivity index (χ2n) is 6.20. The lowest BCUT2D eigenvalue weighted by molar-refractivity contribution is 0.628. The number of nitrogens with zero attached hydrogens (tertiary/aromatic N) is 4. The number of hydrogen-bond acceptors (Lipinski definition) is 4. The zero-order chi connectivity index (χ0) is 18.2. The summed E-state index contributed by atoms with van der Waals surface area (Å²) in [6.45, 7) is 0.520. The van der Waals surface area contributed by atoms with Crippen LogP contribution in [0.15, 0.2) is 67.4 Å². The van der Waals surface area contributed by atoms with Crippen LogP contribution in [0, 0.1) is 5.82 Å². The first-order valence-electron chi connectivity index (χ1n) is 8.52. The van der Waals surface area contributed by atoms with Crippen LogP contribution in [-0.2, 0) is 6.54 Å². The van der Waals surface area contributed by atoms with Gasteiger partial charge in [0, 0.05) is 23.8 Å². The van der Waals surface area contributed by atoms with Gasteiger partial charge in [0.1, 0.15) is 17.7 Å². The van der Waals surface area contributed by atoms with Gasteiger partial charge in [-0.1, -0.05) is 18.2 Å². The number of halogens is 1. The Morgan fingerprint density at radius 1 is 1.04 bits per heavy atom. The lowest BCUT2D eigenvalue weighted by Crippen LogP contribution is -2.03. The topological polar surface area (TPSA) is 70.9 Å². The van der Waals surface area contributed by atoms with E-state index < -0.39 is 0 Å². The van der Waals surface area contributed by atoms with E-state index in [0.29, 0.717) is 23.5 Å². The van der Waals surface area contributed by atoms with Crippen molar-refractivity contribution in [2.24, 2.45) is 0 Å². The van der Waals surface area contributed by atoms with Crippen LogP contribution in [0.25, 0.3) is 27.9 Å². The molecule has 0 spiro atoms. The molecule has 0 saturated carbocycles. The van der Waals surface area contributed by atoms with E-state index in [9.17, 15) is 4.39 Å². The van der Waals surface area contributed by atoms with Crippen molar-refractivity contribution in [2.75, 3.05) is 5.32 Å². The molecule has 5 rings (SSSR count). The highest BCUT2D eigenvalue weighted by atomic mass is 19.1. The number of hydrogen-bond donors (Lipinski definition) is 2. The number of aromatic nitrogens is 5. The minimum Gasteiger partial charge on any atom is -0.364 e. The summed E-state index contributed by atoms with van der Waals surface area (Å²) in [7, 11) is 0. The molecular weight excluding hydrogens is 343 g/mol. The first-order valence-corrected chi connectivity index (χ1v) is 8.52. The van der Waals surface area contributed by atoms with Crippen molar-refractivity contribution in [3.05, 3.63) is 78.8 Å². The molecule has 4 heterocycles. The third kappa shape index (κ3) is 2.69. The lowest BCUT2D eigenvalue weighted by atomic mass is 10.1. The van der Waals surface area contributed by atoms with E-state index in [0.717, 1.165) is 22.3 Å². The number of H-pyrrole nitrogens is 1. The van der Waals surface area contributed by atoms with Gasteiger partial charge in [0.2, 0.25) is 0 Å². The number of imidazole rings is 1. The van der Waals surface area contributed by atoms with Crippen LogP contribution in [0.3, 0.4) is 0 Å². The third-order valence-corrected chi connectivity index (χ3v) is 4.52. The normalized spacial score (nSPS) is 11.3. The Morgan fingerprint density at radius 2 is 2.00 bits per heavy atom. The molecule has 1 aromatic carbocycles. The number of rotatable bonds is 4. The van der Waals surface area contributed by atoms with Crippen molar-refractivity contribution in [2.45, 2.75) is 6.54 Å². The van der Waals surface area contributed by atoms with Gasteiger partial charge in [-0.3, -0.25) is 0 Å². The maximum Gasteiger partial charge on any atom is 0.162 e. The summed E-state index contributed by atoms with van der Waals surface area (Å²) in [5.74, 6) is 0.396. The molecule has 0 aliphatic heterocycles. The molecule has 27 heavy (non-hydrogen) atoms. The van der Waals surface area contributed by atoms with E-state index in [4.69, 9.17) is 0 Å². The molecule has 6 nitrogen and oxygen atoms in total. The molecule has 0 aliphatic carbocycles. The molecule has 0 atom stereocenters. The predicted molar refractivity (Wildman–Crippen MR) is 102 cm³/mol. The fourth-order valence-electron chi connectivity index (χ4n) is 3.35. The fourth-order valence-corrected chi connectivity index (χ4v) is 3.35. The summed E-state index contributed by atoms with van der Waals surface area (Å²) in [6, 6.07) is 14.7. The Bertz CT molecular complexity index is 1260. The van der Waals surface area contributed by atoms with Crippen LogP contribution in [0.1, 0.15) is 5.56 Å². The van der Waals surface area contributed by atoms with Crippen LogP contribution >= 0.6 is 0 Å². The van der Waals surface area contributed by atoms with E-state index in [2.05, 4.69) is 35.7 Å². The molecule has 5 aromatic rings. The van der Waals surface area contributed by atoms with Gasteiger partial charge < -0.3 is 14.7 Å². The van der Waals surface area contributed by atoms with Crippen LogP contribution in [-0.4, -0.2) is 24.3 Å². The molecule has 0 radical (unpaired) electrons. The van der Waals surface area contributed by atoms with Gasteiger partial charge in [0.25, 0.3) is 0 Å². The molecule has 0 fully saturated rings. The molecule has 132 valence electrons. The number of nitrogens with one attached hydrogen (secondary N) is 2. The summed E-state index contributed by atoms with van der Waals surface area (Å²) >= 11 is 0. The van der Waals surface area contributed by atoms with Gasteiger partial charge in [-0.15, -0.1) is 0 Å². The van der Waals surface area contributed by atoms with Crippen LogP contribution in [0.2, 0.25) is 0 Å². The zero-order valence-electron chi connectivity index (χ0n) is 14.2. The maximum absolute atomic E-state index is 13.8. The van der Waals surface area contributed by atoms with E-state index in [-0.39, 0.29) is 5.82 Å². The summed E-state index contributed by atoms with van der Waals surface area (Å²) in [6.07, 6.45) is 5.07. The fraction of sp³-hybridized carbons (Fsp3) is 0.0500. The average molecular weight is 358 g/mol. The number of anilines is 1. The minimum atomic E-state index is -0.258. The first kappa shape index (κ1) is 15.5. The van der Waals surface area contributed by atoms with Crippen molar-refractivity contribution < 1.29 is 4.39 Å². The molecule has 0 amide bonds. The van der Waals surface area contributed by atoms with Gasteiger partial charge in [-0.05, 0) is 35.9 Å². The molecule has 0 aliphatic rings. The number of benzene rings is 1. The molecule has 0 bridgehead atoms. The standard InChI is InChI=1S/C20H15FN6/c21-15-5-3-4-13(8-15)18-14(9-16-6-1-2-7-27(16)18)10-22-19-17-20(24-11-23-17)26-12-25-19/h1-9,11-12H,10H2,(H2,22,23,24,25,26). The van der Waals surface area contributed by atoms with Crippen molar-refractivity contribution in [3.8, 4) is 11.3 Å². The molecule has 7 heteroatoms. The van der Waals surface area contributed by atoms with Crippen LogP contribution < -0.4 is 5.32 Å². The summed E-state index contributed by atoms with van der Waals surface area (Å²) in [4.78, 5) is 15.7. The van der Waals surface area contributed by atoms with Gasteiger partial charge in [0.05, 0.1) is 12.0 Å². The van der Waals surface area contributed by atoms with Gasteiger partial charge in [0.15, 0.2) is 11.5 Å². The van der Waals surface area contributed by atoms with E-state index in [1.807, 2.05) is 30.5 Å². The molecule has 0 saturated heterocycles. The lowest BCUT2D eigenvalue weighted by Gasteiger charge is -2.09. The Balaban J connectivity index is 1.59. The largest absolute Gasteiger partial charge is 0.364 e. The molecular formula is C20H15FN6. The van der Waals surface area contributed by atoms with Gasteiger partial charge in [-0.2, -0.15) is 0 Å². The molecule has 0 unspecified atom stereocenters.